The molecule has 0 aliphatic carbocycles. The number of furan rings is 1. The zero-order chi connectivity index (χ0) is 17.3. The molecule has 1 aliphatic heterocycles. The molecule has 2 aromatic rings. The van der Waals surface area contributed by atoms with Crippen molar-refractivity contribution in [3.8, 4) is 0 Å². The second kappa shape index (κ2) is 6.48. The summed E-state index contributed by atoms with van der Waals surface area (Å²) in [5.74, 6) is 0.923. The van der Waals surface area contributed by atoms with Gasteiger partial charge in [-0.25, -0.2) is 4.79 Å². The van der Waals surface area contributed by atoms with E-state index in [-0.39, 0.29) is 18.2 Å². The Kier molecular flexibility index (Phi) is 4.54. The minimum absolute atomic E-state index is 0.0981. The molecule has 1 saturated heterocycles. The zero-order valence-electron chi connectivity index (χ0n) is 14.8. The molecule has 5 nitrogen and oxygen atoms in total. The van der Waals surface area contributed by atoms with Gasteiger partial charge in [0.1, 0.15) is 16.9 Å². The number of rotatable bonds is 3. The average Bonchev–Trinajstić information content (AvgIpc) is 3.11. The number of hydrogen-bond acceptors (Lipinski definition) is 4. The predicted molar refractivity (Wildman–Crippen MR) is 94.0 cm³/mol. The van der Waals surface area contributed by atoms with Gasteiger partial charge in [0.05, 0.1) is 6.04 Å². The third-order valence-electron chi connectivity index (χ3n) is 4.20. The van der Waals surface area contributed by atoms with Gasteiger partial charge < -0.3 is 19.4 Å². The van der Waals surface area contributed by atoms with E-state index in [0.29, 0.717) is 6.54 Å². The average molecular weight is 330 g/mol. The van der Waals surface area contributed by atoms with Crippen LogP contribution in [0.15, 0.2) is 34.7 Å². The standard InChI is InChI=1S/C19H26N2O3/c1-13(17-11-14-7-5-6-8-16(14)23-17)20-15-9-10-21(12-15)18(22)24-19(2,3)4/h5-8,11,13,15,20H,9-10,12H2,1-4H3. The minimum Gasteiger partial charge on any atom is -0.459 e. The van der Waals surface area contributed by atoms with Gasteiger partial charge in [0.15, 0.2) is 0 Å². The summed E-state index contributed by atoms with van der Waals surface area (Å²) in [5, 5.41) is 4.67. The summed E-state index contributed by atoms with van der Waals surface area (Å²) in [4.78, 5) is 13.9. The Labute approximate surface area is 143 Å². The highest BCUT2D eigenvalue weighted by Crippen LogP contribution is 2.25. The molecule has 3 rings (SSSR count). The van der Waals surface area contributed by atoms with Crippen molar-refractivity contribution in [3.63, 3.8) is 0 Å². The van der Waals surface area contributed by atoms with Crippen LogP contribution in [0.4, 0.5) is 4.79 Å². The predicted octanol–water partition coefficient (Wildman–Crippen LogP) is 4.09. The second-order valence-electron chi connectivity index (χ2n) is 7.49. The molecular weight excluding hydrogens is 304 g/mol. The summed E-state index contributed by atoms with van der Waals surface area (Å²) in [5.41, 5.74) is 0.451. The highest BCUT2D eigenvalue weighted by atomic mass is 16.6. The van der Waals surface area contributed by atoms with Gasteiger partial charge in [-0.15, -0.1) is 0 Å². The Morgan fingerprint density at radius 1 is 1.38 bits per heavy atom. The molecule has 1 aromatic heterocycles. The van der Waals surface area contributed by atoms with Crippen molar-refractivity contribution < 1.29 is 13.9 Å². The van der Waals surface area contributed by atoms with Gasteiger partial charge in [0, 0.05) is 24.5 Å². The lowest BCUT2D eigenvalue weighted by Gasteiger charge is -2.24. The fourth-order valence-corrected chi connectivity index (χ4v) is 3.04. The number of benzene rings is 1. The Bertz CT molecular complexity index is 684. The Hall–Kier alpha value is -2.01. The van der Waals surface area contributed by atoms with Gasteiger partial charge in [-0.3, -0.25) is 0 Å². The minimum atomic E-state index is -0.454. The second-order valence-corrected chi connectivity index (χ2v) is 7.49. The number of fused-ring (bicyclic) bond motifs is 1. The van der Waals surface area contributed by atoms with Crippen molar-refractivity contribution in [1.82, 2.24) is 10.2 Å². The van der Waals surface area contributed by atoms with Crippen LogP contribution in [-0.2, 0) is 4.74 Å². The molecule has 0 spiro atoms. The topological polar surface area (TPSA) is 54.7 Å². The number of carbonyl (C=O) groups excluding carboxylic acids is 1. The van der Waals surface area contributed by atoms with E-state index in [1.165, 1.54) is 0 Å². The van der Waals surface area contributed by atoms with E-state index in [1.807, 2.05) is 39.0 Å². The number of para-hydroxylation sites is 1. The third kappa shape index (κ3) is 3.90. The number of ether oxygens (including phenoxy) is 1. The number of nitrogens with one attached hydrogen (secondary N) is 1. The van der Waals surface area contributed by atoms with Gasteiger partial charge in [-0.1, -0.05) is 18.2 Å². The van der Waals surface area contributed by atoms with Gasteiger partial charge in [0.2, 0.25) is 0 Å². The van der Waals surface area contributed by atoms with Gasteiger partial charge in [0.25, 0.3) is 0 Å². The van der Waals surface area contributed by atoms with Crippen LogP contribution >= 0.6 is 0 Å². The molecule has 2 unspecified atom stereocenters. The van der Waals surface area contributed by atoms with Gasteiger partial charge in [-0.2, -0.15) is 0 Å². The van der Waals surface area contributed by atoms with Crippen LogP contribution in [0.1, 0.15) is 45.9 Å². The summed E-state index contributed by atoms with van der Waals surface area (Å²) in [7, 11) is 0. The maximum atomic E-state index is 12.1. The van der Waals surface area contributed by atoms with E-state index in [1.54, 1.807) is 4.90 Å². The Morgan fingerprint density at radius 2 is 2.12 bits per heavy atom. The molecule has 1 N–H and O–H groups in total. The summed E-state index contributed by atoms with van der Waals surface area (Å²) in [6.07, 6.45) is 0.687. The van der Waals surface area contributed by atoms with Crippen LogP contribution in [0.3, 0.4) is 0 Å². The largest absolute Gasteiger partial charge is 0.459 e. The molecular formula is C19H26N2O3. The monoisotopic (exact) mass is 330 g/mol. The molecule has 0 bridgehead atoms. The first-order valence-corrected chi connectivity index (χ1v) is 8.54. The summed E-state index contributed by atoms with van der Waals surface area (Å²) in [6.45, 7) is 9.15. The van der Waals surface area contributed by atoms with Gasteiger partial charge in [-0.05, 0) is 46.2 Å². The van der Waals surface area contributed by atoms with E-state index in [9.17, 15) is 4.79 Å². The van der Waals surface area contributed by atoms with Crippen LogP contribution in [0.25, 0.3) is 11.0 Å². The maximum absolute atomic E-state index is 12.1. The Morgan fingerprint density at radius 3 is 2.83 bits per heavy atom. The van der Waals surface area contributed by atoms with Crippen LogP contribution < -0.4 is 5.32 Å². The Balaban J connectivity index is 1.57. The van der Waals surface area contributed by atoms with Crippen molar-refractivity contribution in [1.29, 1.82) is 0 Å². The lowest BCUT2D eigenvalue weighted by Crippen LogP contribution is -2.38. The molecule has 0 radical (unpaired) electrons. The number of amides is 1. The molecule has 24 heavy (non-hydrogen) atoms. The fourth-order valence-electron chi connectivity index (χ4n) is 3.04. The van der Waals surface area contributed by atoms with E-state index < -0.39 is 5.60 Å². The van der Waals surface area contributed by atoms with Crippen LogP contribution in [-0.4, -0.2) is 35.7 Å². The van der Waals surface area contributed by atoms with E-state index in [2.05, 4.69) is 24.4 Å². The first-order chi connectivity index (χ1) is 11.3. The van der Waals surface area contributed by atoms with E-state index in [0.717, 1.165) is 29.7 Å². The number of hydrogen-bond donors (Lipinski definition) is 1. The first-order valence-electron chi connectivity index (χ1n) is 8.54. The van der Waals surface area contributed by atoms with Crippen molar-refractivity contribution in [2.75, 3.05) is 13.1 Å². The van der Waals surface area contributed by atoms with Crippen LogP contribution in [0.5, 0.6) is 0 Å². The van der Waals surface area contributed by atoms with Crippen molar-refractivity contribution in [2.45, 2.75) is 51.8 Å². The smallest absolute Gasteiger partial charge is 0.410 e. The van der Waals surface area contributed by atoms with Crippen molar-refractivity contribution >= 4 is 17.1 Å². The van der Waals surface area contributed by atoms with E-state index >= 15 is 0 Å². The molecule has 1 aliphatic rings. The van der Waals surface area contributed by atoms with Crippen molar-refractivity contribution in [2.24, 2.45) is 0 Å². The quantitative estimate of drug-likeness (QED) is 0.921. The van der Waals surface area contributed by atoms with E-state index in [4.69, 9.17) is 9.15 Å². The third-order valence-corrected chi connectivity index (χ3v) is 4.20. The summed E-state index contributed by atoms with van der Waals surface area (Å²) in [6, 6.07) is 10.4. The molecule has 5 heteroatoms. The molecule has 2 atom stereocenters. The fraction of sp³-hybridized carbons (Fsp3) is 0.526. The normalized spacial score (nSPS) is 19.7. The number of nitrogens with zero attached hydrogens (tertiary/aromatic N) is 1. The molecule has 1 fully saturated rings. The maximum Gasteiger partial charge on any atom is 0.410 e. The highest BCUT2D eigenvalue weighted by Gasteiger charge is 2.30. The lowest BCUT2D eigenvalue weighted by molar-refractivity contribution is 0.0290. The summed E-state index contributed by atoms with van der Waals surface area (Å²) >= 11 is 0. The lowest BCUT2D eigenvalue weighted by atomic mass is 10.2. The van der Waals surface area contributed by atoms with Crippen LogP contribution in [0, 0.1) is 0 Å². The number of carbonyl (C=O) groups is 1. The van der Waals surface area contributed by atoms with Gasteiger partial charge >= 0.3 is 6.09 Å². The van der Waals surface area contributed by atoms with Crippen molar-refractivity contribution in [3.05, 3.63) is 36.1 Å². The first kappa shape index (κ1) is 16.8. The van der Waals surface area contributed by atoms with Crippen LogP contribution in [0.2, 0.25) is 0 Å². The molecule has 2 heterocycles. The zero-order valence-corrected chi connectivity index (χ0v) is 14.8. The molecule has 1 aromatic carbocycles. The highest BCUT2D eigenvalue weighted by molar-refractivity contribution is 5.77. The molecule has 0 saturated carbocycles. The molecule has 1 amide bonds. The number of likely N-dealkylation sites (tertiary alicyclic amines) is 1. The molecule has 130 valence electrons. The summed E-state index contributed by atoms with van der Waals surface area (Å²) < 4.78 is 11.4. The SMILES string of the molecule is CC(NC1CCN(C(=O)OC(C)(C)C)C1)c1cc2ccccc2o1.